The van der Waals surface area contributed by atoms with Gasteiger partial charge in [-0.1, -0.05) is 17.7 Å². The summed E-state index contributed by atoms with van der Waals surface area (Å²) in [6, 6.07) is 18.3. The Hall–Kier alpha value is -3.52. The van der Waals surface area contributed by atoms with Crippen LogP contribution in [0.4, 0.5) is 5.69 Å². The molecule has 0 aliphatic heterocycles. The largest absolute Gasteiger partial charge is 0.481 e. The molecule has 0 radical (unpaired) electrons. The number of benzene rings is 2. The second-order valence-electron chi connectivity index (χ2n) is 7.46. The molecule has 1 N–H and O–H groups in total. The van der Waals surface area contributed by atoms with E-state index in [-0.39, 0.29) is 11.5 Å². The van der Waals surface area contributed by atoms with Gasteiger partial charge in [0.25, 0.3) is 11.5 Å². The number of aryl methyl sites for hydroxylation is 2. The molecule has 0 saturated heterocycles. The maximum absolute atomic E-state index is 12.4. The van der Waals surface area contributed by atoms with Crippen molar-refractivity contribution in [3.05, 3.63) is 88.0 Å². The summed E-state index contributed by atoms with van der Waals surface area (Å²) in [5, 5.41) is 2.86. The maximum atomic E-state index is 12.4. The van der Waals surface area contributed by atoms with Crippen molar-refractivity contribution in [2.75, 3.05) is 5.32 Å². The molecule has 0 spiro atoms. The number of rotatable bonds is 7. The van der Waals surface area contributed by atoms with Crippen molar-refractivity contribution < 1.29 is 14.1 Å². The fourth-order valence-electron chi connectivity index (χ4n) is 3.06. The topological polar surface area (TPSA) is 85.8 Å². The van der Waals surface area contributed by atoms with E-state index in [1.165, 1.54) is 10.6 Å². The maximum Gasteiger partial charge on any atom is 0.287 e. The first kappa shape index (κ1) is 21.7. The van der Waals surface area contributed by atoms with Gasteiger partial charge in [0.05, 0.1) is 5.69 Å². The van der Waals surface area contributed by atoms with E-state index in [4.69, 9.17) is 9.26 Å². The highest BCUT2D eigenvalue weighted by atomic mass is 32.2. The molecule has 0 fully saturated rings. The third-order valence-electron chi connectivity index (χ3n) is 4.74. The molecule has 1 atom stereocenters. The van der Waals surface area contributed by atoms with Gasteiger partial charge in [-0.05, 0) is 57.2 Å². The van der Waals surface area contributed by atoms with E-state index in [0.29, 0.717) is 34.3 Å². The zero-order valence-electron chi connectivity index (χ0n) is 18.0. The third kappa shape index (κ3) is 5.20. The molecule has 2 heterocycles. The number of thioether (sulfide) groups is 1. The Balaban J connectivity index is 1.33. The number of aromatic nitrogens is 2. The normalized spacial score (nSPS) is 12.0. The first-order valence-electron chi connectivity index (χ1n) is 10.1. The molecule has 2 aromatic carbocycles. The van der Waals surface area contributed by atoms with Crippen molar-refractivity contribution in [2.24, 2.45) is 0 Å². The molecule has 0 aliphatic carbocycles. The second-order valence-corrected chi connectivity index (χ2v) is 8.51. The minimum absolute atomic E-state index is 0.223. The first-order valence-corrected chi connectivity index (χ1v) is 11.1. The van der Waals surface area contributed by atoms with E-state index in [1.807, 2.05) is 55.5 Å². The molecule has 1 unspecified atom stereocenters. The molecular formula is C24H23N3O4S. The standard InChI is InChI=1S/C24H23N3O4S/c1-15-4-8-20(9-5-15)30-17(3)24(29)26-18-6-10-21(11-7-18)32-14-19-13-23(28)27-22(25-19)12-16(2)31-27/h4-13,17H,14H2,1-3H3,(H,26,29). The van der Waals surface area contributed by atoms with Gasteiger partial charge in [-0.3, -0.25) is 9.59 Å². The van der Waals surface area contributed by atoms with Crippen LogP contribution in [0.2, 0.25) is 0 Å². The summed E-state index contributed by atoms with van der Waals surface area (Å²) in [4.78, 5) is 30.0. The number of carbonyl (C=O) groups is 1. The van der Waals surface area contributed by atoms with Crippen LogP contribution in [0.25, 0.3) is 5.65 Å². The zero-order valence-corrected chi connectivity index (χ0v) is 18.8. The van der Waals surface area contributed by atoms with Crippen molar-refractivity contribution in [2.45, 2.75) is 37.5 Å². The summed E-state index contributed by atoms with van der Waals surface area (Å²) in [5.41, 5.74) is 2.77. The summed E-state index contributed by atoms with van der Waals surface area (Å²) in [6.45, 7) is 5.49. The number of hydrogen-bond donors (Lipinski definition) is 1. The zero-order chi connectivity index (χ0) is 22.7. The van der Waals surface area contributed by atoms with Crippen molar-refractivity contribution in [1.82, 2.24) is 9.56 Å². The predicted octanol–water partition coefficient (Wildman–Crippen LogP) is 4.60. The number of nitrogens with zero attached hydrogens (tertiary/aromatic N) is 2. The number of carbonyl (C=O) groups excluding carboxylic acids is 1. The number of amides is 1. The molecule has 0 bridgehead atoms. The molecule has 7 nitrogen and oxygen atoms in total. The highest BCUT2D eigenvalue weighted by Crippen LogP contribution is 2.24. The Bertz CT molecular complexity index is 1290. The molecule has 32 heavy (non-hydrogen) atoms. The Labute approximate surface area is 189 Å². The number of fused-ring (bicyclic) bond motifs is 1. The summed E-state index contributed by atoms with van der Waals surface area (Å²) in [7, 11) is 0. The smallest absolute Gasteiger partial charge is 0.287 e. The SMILES string of the molecule is Cc1ccc(OC(C)C(=O)Nc2ccc(SCc3cc(=O)n4oc(C)cc4n3)cc2)cc1. The molecule has 1 amide bonds. The van der Waals surface area contributed by atoms with Crippen molar-refractivity contribution >= 4 is 29.0 Å². The Morgan fingerprint density at radius 2 is 1.84 bits per heavy atom. The minimum Gasteiger partial charge on any atom is -0.481 e. The Morgan fingerprint density at radius 3 is 2.56 bits per heavy atom. The fraction of sp³-hybridized carbons (Fsp3) is 0.208. The second kappa shape index (κ2) is 9.32. The highest BCUT2D eigenvalue weighted by Gasteiger charge is 2.15. The highest BCUT2D eigenvalue weighted by molar-refractivity contribution is 7.98. The summed E-state index contributed by atoms with van der Waals surface area (Å²) < 4.78 is 12.2. The molecule has 0 aliphatic rings. The minimum atomic E-state index is -0.626. The lowest BCUT2D eigenvalue weighted by atomic mass is 10.2. The van der Waals surface area contributed by atoms with E-state index in [2.05, 4.69) is 10.3 Å². The molecule has 164 valence electrons. The quantitative estimate of drug-likeness (QED) is 0.415. The fourth-order valence-corrected chi connectivity index (χ4v) is 3.85. The van der Waals surface area contributed by atoms with Crippen LogP contribution in [0.3, 0.4) is 0 Å². The van der Waals surface area contributed by atoms with Crippen LogP contribution in [-0.2, 0) is 10.5 Å². The number of anilines is 1. The van der Waals surface area contributed by atoms with Gasteiger partial charge in [0, 0.05) is 28.5 Å². The van der Waals surface area contributed by atoms with Gasteiger partial charge in [-0.15, -0.1) is 16.3 Å². The van der Waals surface area contributed by atoms with Crippen LogP contribution in [-0.4, -0.2) is 21.6 Å². The van der Waals surface area contributed by atoms with Gasteiger partial charge >= 0.3 is 0 Å². The molecule has 4 rings (SSSR count). The van der Waals surface area contributed by atoms with Crippen molar-refractivity contribution in [1.29, 1.82) is 0 Å². The molecular weight excluding hydrogens is 426 g/mol. The Morgan fingerprint density at radius 1 is 1.12 bits per heavy atom. The van der Waals surface area contributed by atoms with Crippen molar-refractivity contribution in [3.63, 3.8) is 0 Å². The van der Waals surface area contributed by atoms with Gasteiger partial charge in [0.15, 0.2) is 11.8 Å². The van der Waals surface area contributed by atoms with Crippen LogP contribution in [0.5, 0.6) is 5.75 Å². The van der Waals surface area contributed by atoms with Crippen LogP contribution in [0, 0.1) is 13.8 Å². The summed E-state index contributed by atoms with van der Waals surface area (Å²) in [5.74, 6) is 1.61. The summed E-state index contributed by atoms with van der Waals surface area (Å²) >= 11 is 1.56. The monoisotopic (exact) mass is 449 g/mol. The lowest BCUT2D eigenvalue weighted by Gasteiger charge is -2.15. The van der Waals surface area contributed by atoms with Gasteiger partial charge in [0.1, 0.15) is 11.5 Å². The van der Waals surface area contributed by atoms with Gasteiger partial charge < -0.3 is 14.6 Å². The van der Waals surface area contributed by atoms with Crippen molar-refractivity contribution in [3.8, 4) is 5.75 Å². The van der Waals surface area contributed by atoms with E-state index in [0.717, 1.165) is 10.5 Å². The van der Waals surface area contributed by atoms with Gasteiger partial charge in [-0.2, -0.15) is 0 Å². The van der Waals surface area contributed by atoms with E-state index < -0.39 is 6.10 Å². The van der Waals surface area contributed by atoms with Crippen LogP contribution < -0.4 is 15.6 Å². The number of hydrogen-bond acceptors (Lipinski definition) is 6. The summed E-state index contributed by atoms with van der Waals surface area (Å²) in [6.07, 6.45) is -0.626. The Kier molecular flexibility index (Phi) is 6.32. The average molecular weight is 450 g/mol. The van der Waals surface area contributed by atoms with Crippen LogP contribution in [0.1, 0.15) is 23.9 Å². The van der Waals surface area contributed by atoms with E-state index in [1.54, 1.807) is 31.7 Å². The van der Waals surface area contributed by atoms with Crippen LogP contribution >= 0.6 is 11.8 Å². The van der Waals surface area contributed by atoms with Gasteiger partial charge in [0.2, 0.25) is 0 Å². The number of nitrogens with one attached hydrogen (secondary N) is 1. The van der Waals surface area contributed by atoms with E-state index >= 15 is 0 Å². The molecule has 8 heteroatoms. The predicted molar refractivity (Wildman–Crippen MR) is 124 cm³/mol. The lowest BCUT2D eigenvalue weighted by molar-refractivity contribution is -0.122. The number of ether oxygens (including phenoxy) is 1. The van der Waals surface area contributed by atoms with Gasteiger partial charge in [-0.25, -0.2) is 4.98 Å². The molecule has 2 aromatic heterocycles. The van der Waals surface area contributed by atoms with Crippen LogP contribution in [0.15, 0.2) is 74.9 Å². The molecule has 0 saturated carbocycles. The third-order valence-corrected chi connectivity index (χ3v) is 5.78. The average Bonchev–Trinajstić information content (AvgIpc) is 3.15. The first-order chi connectivity index (χ1) is 15.4. The van der Waals surface area contributed by atoms with E-state index in [9.17, 15) is 9.59 Å². The lowest BCUT2D eigenvalue weighted by Crippen LogP contribution is -2.30. The molecule has 4 aromatic rings.